The van der Waals surface area contributed by atoms with Gasteiger partial charge in [0.25, 0.3) is 0 Å². The van der Waals surface area contributed by atoms with Crippen LogP contribution in [0.2, 0.25) is 0 Å². The van der Waals surface area contributed by atoms with E-state index in [0.29, 0.717) is 13.1 Å². The molecular formula is C17H24N4O2. The summed E-state index contributed by atoms with van der Waals surface area (Å²) in [4.78, 5) is 2.27. The third-order valence-corrected chi connectivity index (χ3v) is 4.02. The lowest BCUT2D eigenvalue weighted by atomic mass is 10.0. The van der Waals surface area contributed by atoms with Crippen molar-refractivity contribution in [2.75, 3.05) is 13.1 Å². The third kappa shape index (κ3) is 4.30. The van der Waals surface area contributed by atoms with Gasteiger partial charge < -0.3 is 9.84 Å². The van der Waals surface area contributed by atoms with Gasteiger partial charge in [0.05, 0.1) is 24.4 Å². The first-order valence-corrected chi connectivity index (χ1v) is 8.07. The molecule has 1 saturated heterocycles. The zero-order valence-corrected chi connectivity index (χ0v) is 13.7. The maximum atomic E-state index is 10.7. The molecule has 1 aliphatic heterocycles. The summed E-state index contributed by atoms with van der Waals surface area (Å²) in [6, 6.07) is 8.18. The molecule has 1 aromatic carbocycles. The Bertz CT molecular complexity index is 629. The summed E-state index contributed by atoms with van der Waals surface area (Å²) < 4.78 is 7.44. The molecule has 1 unspecified atom stereocenters. The van der Waals surface area contributed by atoms with Gasteiger partial charge in [-0.2, -0.15) is 0 Å². The summed E-state index contributed by atoms with van der Waals surface area (Å²) in [5.74, 6) is 0.898. The Kier molecular flexibility index (Phi) is 4.63. The van der Waals surface area contributed by atoms with Crippen LogP contribution >= 0.6 is 0 Å². The first kappa shape index (κ1) is 16.0. The monoisotopic (exact) mass is 316 g/mol. The molecule has 0 bridgehead atoms. The van der Waals surface area contributed by atoms with Crippen LogP contribution in [0.25, 0.3) is 0 Å². The molecule has 1 aromatic heterocycles. The molecule has 0 saturated carbocycles. The number of aliphatic hydroxyl groups is 1. The Labute approximate surface area is 136 Å². The number of likely N-dealkylation sites (tertiary alicyclic amines) is 1. The predicted molar refractivity (Wildman–Crippen MR) is 87.1 cm³/mol. The van der Waals surface area contributed by atoms with E-state index in [1.807, 2.05) is 26.0 Å². The largest absolute Gasteiger partial charge is 0.491 e. The molecule has 124 valence electrons. The van der Waals surface area contributed by atoms with E-state index in [1.165, 1.54) is 5.56 Å². The number of hydrogen-bond donors (Lipinski definition) is 1. The average molecular weight is 316 g/mol. The lowest BCUT2D eigenvalue weighted by molar-refractivity contribution is 0.0274. The molecule has 0 amide bonds. The fraction of sp³-hybridized carbons (Fsp3) is 0.529. The van der Waals surface area contributed by atoms with Crippen molar-refractivity contribution in [2.24, 2.45) is 0 Å². The number of hydrogen-bond acceptors (Lipinski definition) is 5. The smallest absolute Gasteiger partial charge is 0.120 e. The van der Waals surface area contributed by atoms with Gasteiger partial charge in [0, 0.05) is 25.8 Å². The third-order valence-electron chi connectivity index (χ3n) is 4.02. The molecule has 1 atom stereocenters. The Morgan fingerprint density at radius 2 is 2.26 bits per heavy atom. The van der Waals surface area contributed by atoms with Crippen LogP contribution in [0.5, 0.6) is 5.75 Å². The van der Waals surface area contributed by atoms with Crippen molar-refractivity contribution < 1.29 is 9.84 Å². The van der Waals surface area contributed by atoms with Gasteiger partial charge in [0.1, 0.15) is 5.75 Å². The molecule has 6 nitrogen and oxygen atoms in total. The van der Waals surface area contributed by atoms with Crippen molar-refractivity contribution >= 4 is 0 Å². The van der Waals surface area contributed by atoms with Crippen LogP contribution < -0.4 is 4.74 Å². The molecule has 0 aliphatic carbocycles. The normalized spacial score (nSPS) is 21.9. The van der Waals surface area contributed by atoms with Crippen molar-refractivity contribution in [1.82, 2.24) is 19.9 Å². The number of rotatable bonds is 6. The first-order chi connectivity index (χ1) is 11.0. The van der Waals surface area contributed by atoms with Crippen molar-refractivity contribution in [2.45, 2.75) is 45.1 Å². The summed E-state index contributed by atoms with van der Waals surface area (Å²) in [5.41, 5.74) is 0.466. The minimum Gasteiger partial charge on any atom is -0.491 e. The molecule has 1 fully saturated rings. The van der Waals surface area contributed by atoms with Gasteiger partial charge in [-0.1, -0.05) is 17.3 Å². The quantitative estimate of drug-likeness (QED) is 0.879. The average Bonchev–Trinajstić information content (AvgIpc) is 3.09. The Balaban J connectivity index is 1.59. The highest BCUT2D eigenvalue weighted by atomic mass is 16.5. The minimum absolute atomic E-state index is 0.171. The van der Waals surface area contributed by atoms with E-state index < -0.39 is 5.60 Å². The molecule has 1 N–H and O–H groups in total. The summed E-state index contributed by atoms with van der Waals surface area (Å²) in [5, 5.41) is 18.5. The number of ether oxygens (including phenoxy) is 1. The van der Waals surface area contributed by atoms with Gasteiger partial charge in [0.2, 0.25) is 0 Å². The zero-order chi connectivity index (χ0) is 16.3. The molecule has 0 spiro atoms. The van der Waals surface area contributed by atoms with E-state index >= 15 is 0 Å². The van der Waals surface area contributed by atoms with Crippen LogP contribution in [0.4, 0.5) is 0 Å². The zero-order valence-electron chi connectivity index (χ0n) is 13.7. The van der Waals surface area contributed by atoms with E-state index in [2.05, 4.69) is 27.3 Å². The van der Waals surface area contributed by atoms with Crippen LogP contribution in [-0.4, -0.2) is 49.8 Å². The maximum absolute atomic E-state index is 10.7. The molecule has 0 radical (unpaired) electrons. The van der Waals surface area contributed by atoms with Gasteiger partial charge in [0.15, 0.2) is 0 Å². The van der Waals surface area contributed by atoms with Crippen LogP contribution in [-0.2, 0) is 13.1 Å². The highest BCUT2D eigenvalue weighted by Gasteiger charge is 2.36. The van der Waals surface area contributed by atoms with E-state index in [9.17, 15) is 5.11 Å². The Hall–Kier alpha value is -1.92. The van der Waals surface area contributed by atoms with E-state index in [-0.39, 0.29) is 6.10 Å². The standard InChI is InChI=1S/C17H24N4O2/c1-14(2)23-16-5-3-4-15(10-16)11-20-8-6-17(22,12-20)13-21-9-7-18-19-21/h3-5,7,9-10,14,22H,6,8,11-13H2,1-2H3. The van der Waals surface area contributed by atoms with Gasteiger partial charge >= 0.3 is 0 Å². The Morgan fingerprint density at radius 1 is 1.39 bits per heavy atom. The second kappa shape index (κ2) is 6.68. The molecule has 1 aliphatic rings. The van der Waals surface area contributed by atoms with Gasteiger partial charge in [-0.25, -0.2) is 4.68 Å². The predicted octanol–water partition coefficient (Wildman–Crippen LogP) is 1.70. The van der Waals surface area contributed by atoms with Gasteiger partial charge in [-0.15, -0.1) is 5.10 Å². The van der Waals surface area contributed by atoms with E-state index in [1.54, 1.807) is 17.1 Å². The number of β-amino-alcohol motifs (C(OH)–C–C–N with tert-alkyl or cyclic N) is 1. The molecule has 2 aromatic rings. The summed E-state index contributed by atoms with van der Waals surface area (Å²) in [6.45, 7) is 6.87. The number of nitrogens with zero attached hydrogens (tertiary/aromatic N) is 4. The molecule has 6 heteroatoms. The van der Waals surface area contributed by atoms with Crippen LogP contribution in [0.1, 0.15) is 25.8 Å². The van der Waals surface area contributed by atoms with E-state index in [0.717, 1.165) is 25.3 Å². The highest BCUT2D eigenvalue weighted by Crippen LogP contribution is 2.25. The van der Waals surface area contributed by atoms with Crippen molar-refractivity contribution in [3.8, 4) is 5.75 Å². The highest BCUT2D eigenvalue weighted by molar-refractivity contribution is 5.28. The van der Waals surface area contributed by atoms with Crippen molar-refractivity contribution in [3.63, 3.8) is 0 Å². The fourth-order valence-corrected chi connectivity index (χ4v) is 3.07. The lowest BCUT2D eigenvalue weighted by Gasteiger charge is -2.23. The van der Waals surface area contributed by atoms with E-state index in [4.69, 9.17) is 4.74 Å². The van der Waals surface area contributed by atoms with Gasteiger partial charge in [-0.3, -0.25) is 4.90 Å². The fourth-order valence-electron chi connectivity index (χ4n) is 3.07. The van der Waals surface area contributed by atoms with Crippen molar-refractivity contribution in [1.29, 1.82) is 0 Å². The SMILES string of the molecule is CC(C)Oc1cccc(CN2CCC(O)(Cn3ccnn3)C2)c1. The van der Waals surface area contributed by atoms with Crippen LogP contribution in [0.3, 0.4) is 0 Å². The summed E-state index contributed by atoms with van der Waals surface area (Å²) >= 11 is 0. The van der Waals surface area contributed by atoms with Crippen LogP contribution in [0.15, 0.2) is 36.7 Å². The molecule has 23 heavy (non-hydrogen) atoms. The summed E-state index contributed by atoms with van der Waals surface area (Å²) in [6.07, 6.45) is 4.34. The maximum Gasteiger partial charge on any atom is 0.120 e. The molecule has 2 heterocycles. The Morgan fingerprint density at radius 3 is 3.00 bits per heavy atom. The second-order valence-electron chi connectivity index (χ2n) is 6.60. The summed E-state index contributed by atoms with van der Waals surface area (Å²) in [7, 11) is 0. The first-order valence-electron chi connectivity index (χ1n) is 8.07. The minimum atomic E-state index is -0.736. The second-order valence-corrected chi connectivity index (χ2v) is 6.60. The molecule has 3 rings (SSSR count). The van der Waals surface area contributed by atoms with Crippen LogP contribution in [0, 0.1) is 0 Å². The van der Waals surface area contributed by atoms with Gasteiger partial charge in [-0.05, 0) is 38.0 Å². The molecular weight excluding hydrogens is 292 g/mol. The number of benzene rings is 1. The number of aromatic nitrogens is 3. The topological polar surface area (TPSA) is 63.4 Å². The van der Waals surface area contributed by atoms with Crippen molar-refractivity contribution in [3.05, 3.63) is 42.2 Å². The lowest BCUT2D eigenvalue weighted by Crippen LogP contribution is -2.37.